The molecule has 0 amide bonds. The van der Waals surface area contributed by atoms with E-state index < -0.39 is 22.4 Å². The maximum absolute atomic E-state index is 13.5. The molecule has 0 radical (unpaired) electrons. The molecule has 1 N–H and O–H groups in total. The summed E-state index contributed by atoms with van der Waals surface area (Å²) in [5, 5.41) is 11.5. The zero-order valence-electron chi connectivity index (χ0n) is 9.32. The second-order valence-corrected chi connectivity index (χ2v) is 3.20. The van der Waals surface area contributed by atoms with E-state index in [9.17, 15) is 19.3 Å². The van der Waals surface area contributed by atoms with E-state index in [-0.39, 0.29) is 0 Å². The van der Waals surface area contributed by atoms with Crippen LogP contribution in [0.5, 0.6) is 0 Å². The third kappa shape index (κ3) is 2.90. The van der Waals surface area contributed by atoms with E-state index in [0.717, 1.165) is 6.07 Å². The van der Waals surface area contributed by atoms with Gasteiger partial charge in [-0.3, -0.25) is 4.79 Å². The van der Waals surface area contributed by atoms with Gasteiger partial charge in [-0.1, -0.05) is 6.92 Å². The quantitative estimate of drug-likeness (QED) is 0.642. The molecule has 0 aliphatic carbocycles. The molecule has 0 spiro atoms. The zero-order chi connectivity index (χ0) is 13.0. The molecule has 1 aromatic carbocycles. The average molecular weight is 242 g/mol. The molecule has 0 heterocycles. The lowest BCUT2D eigenvalue weighted by molar-refractivity contribution is -0.727. The van der Waals surface area contributed by atoms with E-state index in [1.54, 1.807) is 7.05 Å². The molecule has 0 aliphatic heterocycles. The molecule has 1 aromatic rings. The summed E-state index contributed by atoms with van der Waals surface area (Å²) in [7, 11) is 1.61. The molecule has 0 atom stereocenters. The molecule has 0 unspecified atom stereocenters. The van der Waals surface area contributed by atoms with Gasteiger partial charge in [0.25, 0.3) is 0 Å². The monoisotopic (exact) mass is 242 g/mol. The van der Waals surface area contributed by atoms with Gasteiger partial charge in [0.2, 0.25) is 0 Å². The minimum absolute atomic E-state index is 0.447. The standard InChI is InChI=1S/C10H11FN2O4/c1-3-6-4-7(10(14)17-13(15)16)8(11)5-9(6)12-2/h4-5,12H,3H2,1-2H3. The highest BCUT2D eigenvalue weighted by molar-refractivity contribution is 5.90. The van der Waals surface area contributed by atoms with Crippen molar-refractivity contribution in [2.75, 3.05) is 12.4 Å². The van der Waals surface area contributed by atoms with Crippen LogP contribution in [0.15, 0.2) is 12.1 Å². The number of hydrogen-bond acceptors (Lipinski definition) is 5. The van der Waals surface area contributed by atoms with E-state index >= 15 is 0 Å². The van der Waals surface area contributed by atoms with Gasteiger partial charge < -0.3 is 5.32 Å². The van der Waals surface area contributed by atoms with Gasteiger partial charge in [-0.05, 0) is 24.1 Å². The fourth-order valence-corrected chi connectivity index (χ4v) is 1.42. The van der Waals surface area contributed by atoms with Gasteiger partial charge in [0.05, 0.1) is 5.56 Å². The first kappa shape index (κ1) is 12.9. The molecule has 1 rings (SSSR count). The molecule has 6 nitrogen and oxygen atoms in total. The Morgan fingerprint density at radius 3 is 2.71 bits per heavy atom. The third-order valence-corrected chi connectivity index (χ3v) is 2.22. The number of carbonyl (C=O) groups is 1. The fraction of sp³-hybridized carbons (Fsp3) is 0.300. The molecule has 0 aliphatic rings. The number of hydrogen-bond donors (Lipinski definition) is 1. The van der Waals surface area contributed by atoms with Crippen LogP contribution in [0.2, 0.25) is 0 Å². The number of nitrogens with zero attached hydrogens (tertiary/aromatic N) is 1. The summed E-state index contributed by atoms with van der Waals surface area (Å²) in [4.78, 5) is 24.9. The van der Waals surface area contributed by atoms with Gasteiger partial charge in [-0.25, -0.2) is 9.23 Å². The number of nitrogens with one attached hydrogen (secondary N) is 1. The predicted molar refractivity (Wildman–Crippen MR) is 57.7 cm³/mol. The molecule has 7 heteroatoms. The fourth-order valence-electron chi connectivity index (χ4n) is 1.42. The summed E-state index contributed by atoms with van der Waals surface area (Å²) in [5.74, 6) is -2.18. The van der Waals surface area contributed by atoms with E-state index in [2.05, 4.69) is 10.2 Å². The Morgan fingerprint density at radius 2 is 2.24 bits per heavy atom. The van der Waals surface area contributed by atoms with Crippen molar-refractivity contribution in [3.8, 4) is 0 Å². The summed E-state index contributed by atoms with van der Waals surface area (Å²) in [6.45, 7) is 1.82. The molecule has 0 aromatic heterocycles. The summed E-state index contributed by atoms with van der Waals surface area (Å²) < 4.78 is 13.5. The largest absolute Gasteiger partial charge is 0.388 e. The Hall–Kier alpha value is -2.18. The van der Waals surface area contributed by atoms with Crippen molar-refractivity contribution in [1.82, 2.24) is 0 Å². The van der Waals surface area contributed by atoms with Crippen LogP contribution in [0.3, 0.4) is 0 Å². The first-order valence-corrected chi connectivity index (χ1v) is 4.86. The molecule has 0 bridgehead atoms. The minimum atomic E-state index is -1.31. The van der Waals surface area contributed by atoms with Crippen molar-refractivity contribution in [3.05, 3.63) is 39.2 Å². The maximum Gasteiger partial charge on any atom is 0.337 e. The average Bonchev–Trinajstić information content (AvgIpc) is 2.27. The number of benzene rings is 1. The number of rotatable bonds is 4. The van der Waals surface area contributed by atoms with Gasteiger partial charge in [0, 0.05) is 12.7 Å². The lowest BCUT2D eigenvalue weighted by Crippen LogP contribution is -2.13. The Balaban J connectivity index is 3.16. The van der Waals surface area contributed by atoms with Gasteiger partial charge in [-0.15, -0.1) is 10.1 Å². The van der Waals surface area contributed by atoms with Crippen molar-refractivity contribution in [3.63, 3.8) is 0 Å². The second kappa shape index (κ2) is 5.24. The van der Waals surface area contributed by atoms with Crippen molar-refractivity contribution < 1.29 is 19.1 Å². The van der Waals surface area contributed by atoms with Crippen molar-refractivity contribution in [1.29, 1.82) is 0 Å². The van der Waals surface area contributed by atoms with Crippen molar-refractivity contribution >= 4 is 11.7 Å². The minimum Gasteiger partial charge on any atom is -0.388 e. The van der Waals surface area contributed by atoms with E-state index in [0.29, 0.717) is 17.7 Å². The Bertz CT molecular complexity index is 462. The maximum atomic E-state index is 13.5. The van der Waals surface area contributed by atoms with Gasteiger partial charge in [0.15, 0.2) is 0 Å². The Morgan fingerprint density at radius 1 is 1.59 bits per heavy atom. The molecule has 0 saturated carbocycles. The highest BCUT2D eigenvalue weighted by atomic mass is 19.1. The molecule has 17 heavy (non-hydrogen) atoms. The molecular formula is C10H11FN2O4. The van der Waals surface area contributed by atoms with Gasteiger partial charge >= 0.3 is 11.1 Å². The lowest BCUT2D eigenvalue weighted by Gasteiger charge is -2.09. The topological polar surface area (TPSA) is 81.5 Å². The summed E-state index contributed by atoms with van der Waals surface area (Å²) in [5.41, 5.74) is 0.754. The highest BCUT2D eigenvalue weighted by Crippen LogP contribution is 2.21. The van der Waals surface area contributed by atoms with Gasteiger partial charge in [-0.2, -0.15) is 0 Å². The third-order valence-electron chi connectivity index (χ3n) is 2.22. The number of anilines is 1. The molecular weight excluding hydrogens is 231 g/mol. The van der Waals surface area contributed by atoms with E-state index in [1.165, 1.54) is 6.07 Å². The summed E-state index contributed by atoms with van der Waals surface area (Å²) in [6, 6.07) is 2.35. The zero-order valence-corrected chi connectivity index (χ0v) is 9.32. The van der Waals surface area contributed by atoms with Crippen molar-refractivity contribution in [2.24, 2.45) is 0 Å². The van der Waals surface area contributed by atoms with Crippen LogP contribution < -0.4 is 5.32 Å². The molecule has 92 valence electrons. The van der Waals surface area contributed by atoms with E-state index in [1.807, 2.05) is 6.92 Å². The first-order chi connectivity index (χ1) is 7.99. The van der Waals surface area contributed by atoms with Crippen LogP contribution in [0.1, 0.15) is 22.8 Å². The molecule has 0 saturated heterocycles. The van der Waals surface area contributed by atoms with Crippen LogP contribution in [0.25, 0.3) is 0 Å². The summed E-state index contributed by atoms with van der Waals surface area (Å²) >= 11 is 0. The molecule has 0 fully saturated rings. The summed E-state index contributed by atoms with van der Waals surface area (Å²) in [6.07, 6.45) is 0.551. The Kier molecular flexibility index (Phi) is 3.97. The SMILES string of the molecule is CCc1cc(C(=O)O[N+](=O)[O-])c(F)cc1NC. The second-order valence-electron chi connectivity index (χ2n) is 3.20. The lowest BCUT2D eigenvalue weighted by atomic mass is 10.1. The number of halogens is 1. The number of aryl methyl sites for hydroxylation is 1. The van der Waals surface area contributed by atoms with Crippen LogP contribution in [-0.4, -0.2) is 18.1 Å². The Labute approximate surface area is 96.5 Å². The smallest absolute Gasteiger partial charge is 0.337 e. The van der Waals surface area contributed by atoms with Crippen LogP contribution >= 0.6 is 0 Å². The van der Waals surface area contributed by atoms with Crippen molar-refractivity contribution in [2.45, 2.75) is 13.3 Å². The van der Waals surface area contributed by atoms with E-state index in [4.69, 9.17) is 0 Å². The normalized spacial score (nSPS) is 9.82. The van der Waals surface area contributed by atoms with Crippen LogP contribution in [0.4, 0.5) is 10.1 Å². The number of carbonyl (C=O) groups excluding carboxylic acids is 1. The van der Waals surface area contributed by atoms with Crippen LogP contribution in [-0.2, 0) is 11.3 Å². The van der Waals surface area contributed by atoms with Crippen LogP contribution in [0, 0.1) is 15.9 Å². The predicted octanol–water partition coefficient (Wildman–Crippen LogP) is 1.78. The van der Waals surface area contributed by atoms with Gasteiger partial charge in [0.1, 0.15) is 5.82 Å². The first-order valence-electron chi connectivity index (χ1n) is 4.86. The highest BCUT2D eigenvalue weighted by Gasteiger charge is 2.18.